The van der Waals surface area contributed by atoms with E-state index in [4.69, 9.17) is 4.74 Å². The number of carbonyl (C=O) groups excluding carboxylic acids is 1. The number of rotatable bonds is 6. The molecule has 2 aromatic carbocycles. The molecule has 0 bridgehead atoms. The van der Waals surface area contributed by atoms with Crippen molar-refractivity contribution in [2.24, 2.45) is 5.92 Å². The molecule has 1 aliphatic heterocycles. The van der Waals surface area contributed by atoms with Crippen LogP contribution in [0.5, 0.6) is 5.75 Å². The lowest BCUT2D eigenvalue weighted by atomic mass is 9.93. The van der Waals surface area contributed by atoms with E-state index in [1.165, 1.54) is 0 Å². The summed E-state index contributed by atoms with van der Waals surface area (Å²) in [5.41, 5.74) is 2.24. The normalized spacial score (nSPS) is 15.3. The Kier molecular flexibility index (Phi) is 5.76. The third kappa shape index (κ3) is 4.87. The van der Waals surface area contributed by atoms with E-state index < -0.39 is 0 Å². The molecule has 1 heterocycles. The largest absolute Gasteiger partial charge is 0.489 e. The highest BCUT2D eigenvalue weighted by atomic mass is 32.2. The van der Waals surface area contributed by atoms with E-state index in [0.29, 0.717) is 18.8 Å². The first-order chi connectivity index (χ1) is 11.3. The van der Waals surface area contributed by atoms with Crippen LogP contribution in [-0.2, 0) is 17.8 Å². The van der Waals surface area contributed by atoms with E-state index in [1.807, 2.05) is 54.2 Å². The van der Waals surface area contributed by atoms with Crippen molar-refractivity contribution in [3.05, 3.63) is 65.7 Å². The lowest BCUT2D eigenvalue weighted by Crippen LogP contribution is -2.21. The van der Waals surface area contributed by atoms with Gasteiger partial charge in [-0.2, -0.15) is 11.8 Å². The van der Waals surface area contributed by atoms with Crippen molar-refractivity contribution >= 4 is 17.5 Å². The molecule has 2 nitrogen and oxygen atoms in total. The molecular formula is C20H22O2S. The van der Waals surface area contributed by atoms with Gasteiger partial charge in [0.2, 0.25) is 0 Å². The Hall–Kier alpha value is -1.74. The SMILES string of the molecule is O=C(Cc1ccc(OCc2ccccc2)cc1)C1CCSCC1. The lowest BCUT2D eigenvalue weighted by Gasteiger charge is -2.20. The molecule has 1 fully saturated rings. The van der Waals surface area contributed by atoms with Gasteiger partial charge in [0.25, 0.3) is 0 Å². The summed E-state index contributed by atoms with van der Waals surface area (Å²) in [4.78, 5) is 12.3. The van der Waals surface area contributed by atoms with Gasteiger partial charge >= 0.3 is 0 Å². The maximum atomic E-state index is 12.3. The standard InChI is InChI=1S/C20H22O2S/c21-20(18-10-12-23-13-11-18)14-16-6-8-19(9-7-16)22-15-17-4-2-1-3-5-17/h1-9,18H,10-15H2. The second-order valence-electron chi connectivity index (χ2n) is 5.95. The predicted octanol–water partition coefficient (Wildman–Crippen LogP) is 4.52. The fourth-order valence-corrected chi connectivity index (χ4v) is 3.92. The Balaban J connectivity index is 1.51. The summed E-state index contributed by atoms with van der Waals surface area (Å²) in [5, 5.41) is 0. The van der Waals surface area contributed by atoms with Crippen molar-refractivity contribution < 1.29 is 9.53 Å². The molecule has 23 heavy (non-hydrogen) atoms. The van der Waals surface area contributed by atoms with Gasteiger partial charge in [-0.15, -0.1) is 0 Å². The average molecular weight is 326 g/mol. The van der Waals surface area contributed by atoms with Gasteiger partial charge in [-0.25, -0.2) is 0 Å². The van der Waals surface area contributed by atoms with Gasteiger partial charge < -0.3 is 4.74 Å². The quantitative estimate of drug-likeness (QED) is 0.780. The minimum absolute atomic E-state index is 0.269. The smallest absolute Gasteiger partial charge is 0.140 e. The molecule has 3 heteroatoms. The Morgan fingerprint density at radius 2 is 1.65 bits per heavy atom. The molecule has 0 radical (unpaired) electrons. The number of Topliss-reactive ketones (excluding diaryl/α,β-unsaturated/α-hetero) is 1. The highest BCUT2D eigenvalue weighted by molar-refractivity contribution is 7.99. The lowest BCUT2D eigenvalue weighted by molar-refractivity contribution is -0.122. The average Bonchev–Trinajstić information content (AvgIpc) is 2.63. The second-order valence-corrected chi connectivity index (χ2v) is 7.17. The monoisotopic (exact) mass is 326 g/mol. The van der Waals surface area contributed by atoms with Gasteiger partial charge in [0.1, 0.15) is 18.1 Å². The maximum Gasteiger partial charge on any atom is 0.140 e. The van der Waals surface area contributed by atoms with Crippen molar-refractivity contribution in [1.82, 2.24) is 0 Å². The number of thioether (sulfide) groups is 1. The molecule has 0 spiro atoms. The van der Waals surface area contributed by atoms with Crippen LogP contribution in [0.3, 0.4) is 0 Å². The van der Waals surface area contributed by atoms with Crippen LogP contribution in [-0.4, -0.2) is 17.3 Å². The Bertz CT molecular complexity index is 616. The number of benzene rings is 2. The Labute approximate surface area is 142 Å². The van der Waals surface area contributed by atoms with Crippen LogP contribution < -0.4 is 4.74 Å². The summed E-state index contributed by atoms with van der Waals surface area (Å²) in [5.74, 6) is 3.76. The van der Waals surface area contributed by atoms with Crippen LogP contribution in [0.4, 0.5) is 0 Å². The molecule has 0 N–H and O–H groups in total. The van der Waals surface area contributed by atoms with Gasteiger partial charge in [-0.1, -0.05) is 42.5 Å². The molecule has 0 amide bonds. The van der Waals surface area contributed by atoms with Crippen LogP contribution in [0.15, 0.2) is 54.6 Å². The fraction of sp³-hybridized carbons (Fsp3) is 0.350. The van der Waals surface area contributed by atoms with Gasteiger partial charge in [0.05, 0.1) is 0 Å². The van der Waals surface area contributed by atoms with Gasteiger partial charge in [-0.3, -0.25) is 4.79 Å². The molecule has 0 unspecified atom stereocenters. The van der Waals surface area contributed by atoms with E-state index >= 15 is 0 Å². The predicted molar refractivity (Wildman–Crippen MR) is 96.0 cm³/mol. The zero-order valence-corrected chi connectivity index (χ0v) is 14.1. The summed E-state index contributed by atoms with van der Waals surface area (Å²) >= 11 is 1.96. The van der Waals surface area contributed by atoms with E-state index in [1.54, 1.807) is 0 Å². The Morgan fingerprint density at radius 1 is 0.957 bits per heavy atom. The molecule has 0 saturated carbocycles. The third-order valence-corrected chi connectivity index (χ3v) is 5.28. The first kappa shape index (κ1) is 16.1. The molecule has 2 aromatic rings. The maximum absolute atomic E-state index is 12.3. The summed E-state index contributed by atoms with van der Waals surface area (Å²) in [6.45, 7) is 0.568. The summed E-state index contributed by atoms with van der Waals surface area (Å²) < 4.78 is 5.78. The number of ether oxygens (including phenoxy) is 1. The van der Waals surface area contributed by atoms with E-state index in [0.717, 1.165) is 41.2 Å². The molecule has 3 rings (SSSR count). The van der Waals surface area contributed by atoms with Crippen molar-refractivity contribution in [3.63, 3.8) is 0 Å². The topological polar surface area (TPSA) is 26.3 Å². The summed E-state index contributed by atoms with van der Waals surface area (Å²) in [6, 6.07) is 18.1. The van der Waals surface area contributed by atoms with Crippen molar-refractivity contribution in [1.29, 1.82) is 0 Å². The second kappa shape index (κ2) is 8.21. The minimum atomic E-state index is 0.269. The summed E-state index contributed by atoms with van der Waals surface area (Å²) in [6.07, 6.45) is 2.64. The van der Waals surface area contributed by atoms with Crippen LogP contribution in [0, 0.1) is 5.92 Å². The van der Waals surface area contributed by atoms with Gasteiger partial charge in [0.15, 0.2) is 0 Å². The Morgan fingerprint density at radius 3 is 2.35 bits per heavy atom. The fourth-order valence-electron chi connectivity index (χ4n) is 2.81. The van der Waals surface area contributed by atoms with Crippen molar-refractivity contribution in [3.8, 4) is 5.75 Å². The molecule has 120 valence electrons. The zero-order valence-electron chi connectivity index (χ0n) is 13.2. The van der Waals surface area contributed by atoms with Crippen molar-refractivity contribution in [2.75, 3.05) is 11.5 Å². The zero-order chi connectivity index (χ0) is 15.9. The van der Waals surface area contributed by atoms with Crippen LogP contribution >= 0.6 is 11.8 Å². The number of ketones is 1. The van der Waals surface area contributed by atoms with Crippen LogP contribution in [0.25, 0.3) is 0 Å². The van der Waals surface area contributed by atoms with Crippen molar-refractivity contribution in [2.45, 2.75) is 25.9 Å². The van der Waals surface area contributed by atoms with Crippen LogP contribution in [0.2, 0.25) is 0 Å². The van der Waals surface area contributed by atoms with Gasteiger partial charge in [-0.05, 0) is 47.6 Å². The molecule has 0 aliphatic carbocycles. The first-order valence-electron chi connectivity index (χ1n) is 8.17. The number of carbonyl (C=O) groups is 1. The van der Waals surface area contributed by atoms with E-state index in [2.05, 4.69) is 12.1 Å². The van der Waals surface area contributed by atoms with Crippen LogP contribution in [0.1, 0.15) is 24.0 Å². The first-order valence-corrected chi connectivity index (χ1v) is 9.33. The molecule has 1 aliphatic rings. The number of hydrogen-bond donors (Lipinski definition) is 0. The summed E-state index contributed by atoms with van der Waals surface area (Å²) in [7, 11) is 0. The van der Waals surface area contributed by atoms with E-state index in [-0.39, 0.29) is 5.92 Å². The molecule has 0 aromatic heterocycles. The molecule has 1 saturated heterocycles. The van der Waals surface area contributed by atoms with Gasteiger partial charge in [0, 0.05) is 12.3 Å². The highest BCUT2D eigenvalue weighted by Gasteiger charge is 2.21. The van der Waals surface area contributed by atoms with E-state index in [9.17, 15) is 4.79 Å². The molecule has 0 atom stereocenters. The minimum Gasteiger partial charge on any atom is -0.489 e. The number of hydrogen-bond acceptors (Lipinski definition) is 3. The highest BCUT2D eigenvalue weighted by Crippen LogP contribution is 2.25. The molecular weight excluding hydrogens is 304 g/mol. The third-order valence-electron chi connectivity index (χ3n) is 4.23.